The van der Waals surface area contributed by atoms with Crippen molar-refractivity contribution in [2.45, 2.75) is 13.3 Å². The smallest absolute Gasteiger partial charge is 0.308 e. The number of halogens is 1. The number of hydrogen-bond acceptors (Lipinski definition) is 4. The van der Waals surface area contributed by atoms with E-state index in [2.05, 4.69) is 5.32 Å². The van der Waals surface area contributed by atoms with Gasteiger partial charge in [0.05, 0.1) is 25.7 Å². The van der Waals surface area contributed by atoms with Crippen molar-refractivity contribution in [1.82, 2.24) is 5.32 Å². The highest BCUT2D eigenvalue weighted by Crippen LogP contribution is 2.29. The lowest BCUT2D eigenvalue weighted by molar-refractivity contribution is -0.141. The summed E-state index contributed by atoms with van der Waals surface area (Å²) in [5.74, 6) is -3.00. The van der Waals surface area contributed by atoms with E-state index >= 15 is 0 Å². The molecule has 0 aliphatic carbocycles. The summed E-state index contributed by atoms with van der Waals surface area (Å²) in [5, 5.41) is 11.9. The topological polar surface area (TPSA) is 84.9 Å². The Labute approximate surface area is 156 Å². The van der Waals surface area contributed by atoms with Crippen LogP contribution >= 0.6 is 0 Å². The lowest BCUT2D eigenvalue weighted by Crippen LogP contribution is -2.34. The molecule has 0 aromatic heterocycles. The Balaban J connectivity index is 2.11. The Morgan fingerprint density at radius 3 is 2.41 bits per heavy atom. The summed E-state index contributed by atoms with van der Waals surface area (Å²) < 4.78 is 24.2. The SMILES string of the molecule is COc1cc(F)c(C(=O)NCC(Cc2cccc(C)c2)C(=O)O)cc1OC. The van der Waals surface area contributed by atoms with E-state index in [1.165, 1.54) is 20.3 Å². The lowest BCUT2D eigenvalue weighted by atomic mass is 9.98. The summed E-state index contributed by atoms with van der Waals surface area (Å²) in [7, 11) is 2.74. The minimum atomic E-state index is -1.04. The molecular weight excluding hydrogens is 353 g/mol. The van der Waals surface area contributed by atoms with E-state index in [0.29, 0.717) is 0 Å². The molecule has 2 N–H and O–H groups in total. The maximum absolute atomic E-state index is 14.2. The first-order valence-electron chi connectivity index (χ1n) is 8.33. The van der Waals surface area contributed by atoms with Crippen molar-refractivity contribution < 1.29 is 28.6 Å². The Hall–Kier alpha value is -3.09. The second kappa shape index (κ2) is 9.02. The van der Waals surface area contributed by atoms with Gasteiger partial charge in [0.25, 0.3) is 5.91 Å². The van der Waals surface area contributed by atoms with Gasteiger partial charge < -0.3 is 19.9 Å². The van der Waals surface area contributed by atoms with Gasteiger partial charge in [0.2, 0.25) is 0 Å². The molecule has 0 saturated carbocycles. The molecule has 27 heavy (non-hydrogen) atoms. The lowest BCUT2D eigenvalue weighted by Gasteiger charge is -2.15. The van der Waals surface area contributed by atoms with Crippen LogP contribution in [0.15, 0.2) is 36.4 Å². The van der Waals surface area contributed by atoms with Gasteiger partial charge in [0.15, 0.2) is 11.5 Å². The van der Waals surface area contributed by atoms with Crippen molar-refractivity contribution in [3.05, 3.63) is 58.9 Å². The molecule has 144 valence electrons. The second-order valence-corrected chi connectivity index (χ2v) is 6.13. The third kappa shape index (κ3) is 5.20. The van der Waals surface area contributed by atoms with Crippen molar-refractivity contribution in [1.29, 1.82) is 0 Å². The summed E-state index contributed by atoms with van der Waals surface area (Å²) in [4.78, 5) is 23.9. The monoisotopic (exact) mass is 375 g/mol. The van der Waals surface area contributed by atoms with Crippen LogP contribution in [0.25, 0.3) is 0 Å². The fraction of sp³-hybridized carbons (Fsp3) is 0.300. The molecule has 0 bridgehead atoms. The first-order chi connectivity index (χ1) is 12.8. The number of benzene rings is 2. The fourth-order valence-electron chi connectivity index (χ4n) is 2.71. The normalized spacial score (nSPS) is 11.6. The maximum atomic E-state index is 14.2. The fourth-order valence-corrected chi connectivity index (χ4v) is 2.71. The highest BCUT2D eigenvalue weighted by Gasteiger charge is 2.22. The van der Waals surface area contributed by atoms with Gasteiger partial charge in [-0.2, -0.15) is 0 Å². The van der Waals surface area contributed by atoms with E-state index in [1.54, 1.807) is 0 Å². The number of carbonyl (C=O) groups excluding carboxylic acids is 1. The molecule has 0 saturated heterocycles. The summed E-state index contributed by atoms with van der Waals surface area (Å²) in [6.45, 7) is 1.79. The van der Waals surface area contributed by atoms with Gasteiger partial charge in [-0.05, 0) is 25.0 Å². The largest absolute Gasteiger partial charge is 0.493 e. The number of nitrogens with one attached hydrogen (secondary N) is 1. The number of hydrogen-bond donors (Lipinski definition) is 2. The number of carbonyl (C=O) groups is 2. The van der Waals surface area contributed by atoms with Gasteiger partial charge in [0, 0.05) is 12.6 Å². The third-order valence-corrected chi connectivity index (χ3v) is 4.14. The summed E-state index contributed by atoms with van der Waals surface area (Å²) in [6, 6.07) is 9.77. The summed E-state index contributed by atoms with van der Waals surface area (Å²) in [5.41, 5.74) is 1.63. The highest BCUT2D eigenvalue weighted by atomic mass is 19.1. The van der Waals surface area contributed by atoms with Crippen LogP contribution in [0.3, 0.4) is 0 Å². The first-order valence-corrected chi connectivity index (χ1v) is 8.33. The average molecular weight is 375 g/mol. The molecule has 0 fully saturated rings. The molecule has 0 aliphatic heterocycles. The average Bonchev–Trinajstić information content (AvgIpc) is 2.64. The van der Waals surface area contributed by atoms with Crippen LogP contribution in [0.5, 0.6) is 11.5 Å². The molecule has 7 heteroatoms. The van der Waals surface area contributed by atoms with Gasteiger partial charge in [-0.15, -0.1) is 0 Å². The quantitative estimate of drug-likeness (QED) is 0.741. The number of carboxylic acids is 1. The molecule has 1 amide bonds. The minimum Gasteiger partial charge on any atom is -0.493 e. The van der Waals surface area contributed by atoms with E-state index in [0.717, 1.165) is 17.2 Å². The zero-order chi connectivity index (χ0) is 20.0. The van der Waals surface area contributed by atoms with Crippen LogP contribution in [0.1, 0.15) is 21.5 Å². The molecule has 1 atom stereocenters. The zero-order valence-corrected chi connectivity index (χ0v) is 15.4. The predicted molar refractivity (Wildman–Crippen MR) is 97.8 cm³/mol. The molecule has 0 radical (unpaired) electrons. The van der Waals surface area contributed by atoms with Crippen LogP contribution in [0, 0.1) is 18.7 Å². The van der Waals surface area contributed by atoms with Crippen molar-refractivity contribution in [2.75, 3.05) is 20.8 Å². The van der Waals surface area contributed by atoms with E-state index in [4.69, 9.17) is 9.47 Å². The Bertz CT molecular complexity index is 837. The number of ether oxygens (including phenoxy) is 2. The molecule has 6 nitrogen and oxygen atoms in total. The molecule has 0 spiro atoms. The van der Waals surface area contributed by atoms with Gasteiger partial charge in [-0.1, -0.05) is 29.8 Å². The van der Waals surface area contributed by atoms with E-state index in [1.807, 2.05) is 31.2 Å². The van der Waals surface area contributed by atoms with Crippen LogP contribution in [0.4, 0.5) is 4.39 Å². The van der Waals surface area contributed by atoms with Crippen LogP contribution in [0.2, 0.25) is 0 Å². The van der Waals surface area contributed by atoms with Gasteiger partial charge >= 0.3 is 5.97 Å². The third-order valence-electron chi connectivity index (χ3n) is 4.14. The Kier molecular flexibility index (Phi) is 6.76. The standard InChI is InChI=1S/C20H22FNO5/c1-12-5-4-6-13(7-12)8-14(20(24)25)11-22-19(23)15-9-17(26-2)18(27-3)10-16(15)21/h4-7,9-10,14H,8,11H2,1-3H3,(H,22,23)(H,24,25). The molecule has 2 rings (SSSR count). The van der Waals surface area contributed by atoms with Crippen molar-refractivity contribution in [3.63, 3.8) is 0 Å². The van der Waals surface area contributed by atoms with Crippen LogP contribution in [-0.4, -0.2) is 37.7 Å². The van der Waals surface area contributed by atoms with Gasteiger partial charge in [-0.3, -0.25) is 9.59 Å². The van der Waals surface area contributed by atoms with Crippen molar-refractivity contribution in [2.24, 2.45) is 5.92 Å². The molecule has 1 unspecified atom stereocenters. The first kappa shape index (κ1) is 20.2. The molecule has 2 aromatic rings. The van der Waals surface area contributed by atoms with E-state index in [-0.39, 0.29) is 30.0 Å². The van der Waals surface area contributed by atoms with Gasteiger partial charge in [0.1, 0.15) is 5.82 Å². The summed E-state index contributed by atoms with van der Waals surface area (Å²) in [6.07, 6.45) is 0.256. The Morgan fingerprint density at radius 2 is 1.81 bits per heavy atom. The molecular formula is C20H22FNO5. The number of methoxy groups -OCH3 is 2. The minimum absolute atomic E-state index is 0.129. The molecule has 0 heterocycles. The molecule has 2 aromatic carbocycles. The number of aliphatic carboxylic acids is 1. The molecule has 0 aliphatic rings. The zero-order valence-electron chi connectivity index (χ0n) is 15.4. The van der Waals surface area contributed by atoms with Crippen LogP contribution in [-0.2, 0) is 11.2 Å². The van der Waals surface area contributed by atoms with Gasteiger partial charge in [-0.25, -0.2) is 4.39 Å². The number of carboxylic acid groups (broad SMARTS) is 1. The van der Waals surface area contributed by atoms with Crippen molar-refractivity contribution in [3.8, 4) is 11.5 Å². The van der Waals surface area contributed by atoms with E-state index < -0.39 is 23.6 Å². The van der Waals surface area contributed by atoms with E-state index in [9.17, 15) is 19.1 Å². The second-order valence-electron chi connectivity index (χ2n) is 6.13. The Morgan fingerprint density at radius 1 is 1.15 bits per heavy atom. The van der Waals surface area contributed by atoms with Crippen LogP contribution < -0.4 is 14.8 Å². The number of rotatable bonds is 8. The number of amides is 1. The number of aryl methyl sites for hydroxylation is 1. The van der Waals surface area contributed by atoms with Crippen molar-refractivity contribution >= 4 is 11.9 Å². The highest BCUT2D eigenvalue weighted by molar-refractivity contribution is 5.95. The summed E-state index contributed by atoms with van der Waals surface area (Å²) >= 11 is 0. The predicted octanol–water partition coefficient (Wildman–Crippen LogP) is 2.82. The maximum Gasteiger partial charge on any atom is 0.308 e.